The van der Waals surface area contributed by atoms with Crippen LogP contribution in [-0.4, -0.2) is 245 Å². The van der Waals surface area contributed by atoms with Crippen LogP contribution >= 0.6 is 31.3 Å². The van der Waals surface area contributed by atoms with Crippen molar-refractivity contribution in [1.82, 2.24) is 58.8 Å². The van der Waals surface area contributed by atoms with Crippen molar-refractivity contribution in [2.45, 2.75) is 100 Å². The van der Waals surface area contributed by atoms with E-state index in [1.54, 1.807) is 18.2 Å². The van der Waals surface area contributed by atoms with Crippen LogP contribution in [0.15, 0.2) is 131 Å². The lowest BCUT2D eigenvalue weighted by molar-refractivity contribution is -0.256. The second-order valence-corrected chi connectivity index (χ2v) is 36.7. The molecule has 4 aliphatic heterocycles. The molecule has 4 aromatic heterocycles. The fourth-order valence-electron chi connectivity index (χ4n) is 15.4. The third kappa shape index (κ3) is 23.0. The summed E-state index contributed by atoms with van der Waals surface area (Å²) < 4.78 is 96.1. The molecule has 6 aliphatic rings. The Morgan fingerprint density at radius 3 is 1.27 bits per heavy atom. The van der Waals surface area contributed by atoms with Gasteiger partial charge in [-0.2, -0.15) is 0 Å². The number of amides is 2. The second-order valence-electron chi connectivity index (χ2n) is 31.8. The number of nitrogens with two attached hydrogens (primary N) is 2. The molecular weight excluding hydrogens is 1810 g/mol. The summed E-state index contributed by atoms with van der Waals surface area (Å²) >= 11 is 0. The number of carboxylic acid groups (broad SMARTS) is 2. The smallest absolute Gasteiger partial charge is 0.470 e. The van der Waals surface area contributed by atoms with E-state index in [1.165, 1.54) is 27.3 Å². The van der Waals surface area contributed by atoms with Crippen molar-refractivity contribution < 1.29 is 133 Å². The number of anilines is 6. The minimum Gasteiger partial charge on any atom is -0.545 e. The number of rotatable bonds is 36. The van der Waals surface area contributed by atoms with Gasteiger partial charge >= 0.3 is 31.3 Å². The number of imidazole rings is 2. The number of carboxylic acids is 2. The van der Waals surface area contributed by atoms with Crippen molar-refractivity contribution in [3.05, 3.63) is 155 Å². The Balaban J connectivity index is 0.000000224. The van der Waals surface area contributed by atoms with Gasteiger partial charge in [0, 0.05) is 145 Å². The molecule has 704 valence electrons. The number of aromatic nitrogens is 8. The fourth-order valence-corrected chi connectivity index (χ4v) is 17.2. The minimum absolute atomic E-state index is 0.0330. The molecule has 132 heavy (non-hydrogen) atoms. The van der Waals surface area contributed by atoms with Crippen LogP contribution in [0.1, 0.15) is 105 Å². The summed E-state index contributed by atoms with van der Waals surface area (Å²) in [6, 6.07) is 31.6. The monoisotopic (exact) mass is 1910 g/mol. The second kappa shape index (κ2) is 40.8. The van der Waals surface area contributed by atoms with Gasteiger partial charge in [-0.25, -0.2) is 57.3 Å². The summed E-state index contributed by atoms with van der Waals surface area (Å²) in [5.41, 5.74) is 18.5. The lowest BCUT2D eigenvalue weighted by atomic mass is 9.89. The number of fused-ring (bicyclic) bond motifs is 6. The number of hydrogen-bond donors (Lipinski definition) is 16. The Labute approximate surface area is 750 Å². The molecule has 0 radical (unpaired) electrons. The number of phosphoric acid groups is 4. The van der Waals surface area contributed by atoms with Crippen LogP contribution in [0.4, 0.5) is 34.9 Å². The molecule has 0 unspecified atom stereocenters. The van der Waals surface area contributed by atoms with Crippen LogP contribution in [0.2, 0.25) is 0 Å². The Bertz CT molecular complexity index is 6640. The number of aliphatic hydroxyl groups is 2. The standard InChI is InChI=1S/2C41H49N9O14P2/c1-48(2)23-10-13-26-29(18-23)62-30-19-24(49(3)4)11-14-27(30)32(26)28-17-22(9-12-25(28)40(53)54)38(52)43-15-7-5-6-8-16-44-41-47-33-36(42)45-21-46-37(33)50(41)39-35(64-66(58,59)60)34(51)31(63-39)20-61-65(55,56)57;1-48(2)23-10-13-26-29(18-23)62-30-19-24(49(3)4)11-14-27(30)32(26)25-12-9-22(17-28(25)40(53)54)38(52)43-15-7-5-6-8-16-44-41-47-33-36(42)45-21-46-37(33)50(41)39-35(64-66(58,59)60)34(51)31(63-39)20-61-65(55,56)57/h9-14,17-19,21,31,34-35,39,51H,5-8,15-16,20H2,1-4H3,(H8-,42,43,44,45,46,47,52,53,54,55,56,57,58,59,60);9-14,17-19,21,31,34-35,39,42-43,51H,5-8,15-16,20H2,1-4H3,(H6,52,53,54,55,56,57,58,59,60)/t2*31-,34-,35-,39-/m11/s1. The molecule has 2 fully saturated rings. The van der Waals surface area contributed by atoms with E-state index in [0.29, 0.717) is 138 Å². The SMILES string of the molecule is CN(C)c1ccc2c(-c3cc(C(=O)NCCCCCCNc4nc5c(N)ncnc5n4[C@@H]4O[C@H](COP(=O)(O)O)[C@@H](O)[C@H]4OP(=O)(O)O)ccc3C(=O)[O-])c3ccc(=[N+](C)C)cc-3oc2c1.CN(C)c1ccc2c(-c3ccc(C(=O)NCCCCCCNc4nc5c(N)ncnc5n4[C@@H]4O[C@H](COP(=O)(O)O)[C@@H](O)[C@H]4OP(=O)(O)O)cc3C(=O)[O-])c3ccc(=[N+](C)C)cc-3oc2c1. The van der Waals surface area contributed by atoms with Gasteiger partial charge in [0.15, 0.2) is 46.4 Å². The van der Waals surface area contributed by atoms with Crippen molar-refractivity contribution in [2.24, 2.45) is 0 Å². The van der Waals surface area contributed by atoms with E-state index in [1.807, 2.05) is 148 Å². The predicted octanol–water partition coefficient (Wildman–Crippen LogP) is 3.27. The molecule has 8 aromatic rings. The largest absolute Gasteiger partial charge is 0.545 e. The highest BCUT2D eigenvalue weighted by atomic mass is 31.2. The summed E-state index contributed by atoms with van der Waals surface area (Å²) in [7, 11) is -5.33. The Kier molecular flexibility index (Phi) is 30.2. The number of aromatic carboxylic acids is 2. The van der Waals surface area contributed by atoms with Crippen molar-refractivity contribution in [3.8, 4) is 44.9 Å². The van der Waals surface area contributed by atoms with Crippen LogP contribution < -0.4 is 72.6 Å². The summed E-state index contributed by atoms with van der Waals surface area (Å²) in [6.45, 7) is -0.538. The molecule has 0 bridgehead atoms. The zero-order chi connectivity index (χ0) is 95.3. The summed E-state index contributed by atoms with van der Waals surface area (Å²) in [6.07, 6.45) is -6.18. The van der Waals surface area contributed by atoms with Gasteiger partial charge in [0.1, 0.15) is 100 Å². The molecule has 0 saturated carbocycles. The zero-order valence-corrected chi connectivity index (χ0v) is 75.8. The van der Waals surface area contributed by atoms with Gasteiger partial charge in [-0.1, -0.05) is 37.8 Å². The van der Waals surface area contributed by atoms with Crippen molar-refractivity contribution in [3.63, 3.8) is 0 Å². The van der Waals surface area contributed by atoms with E-state index in [0.717, 1.165) is 34.7 Å². The number of benzene rings is 6. The van der Waals surface area contributed by atoms with Crippen LogP contribution in [0.5, 0.6) is 0 Å². The van der Waals surface area contributed by atoms with E-state index in [4.69, 9.17) is 38.8 Å². The maximum Gasteiger partial charge on any atom is 0.470 e. The number of phosphoric ester groups is 4. The molecule has 0 spiro atoms. The van der Waals surface area contributed by atoms with Gasteiger partial charge in [0.2, 0.25) is 22.6 Å². The Morgan fingerprint density at radius 2 is 0.871 bits per heavy atom. The lowest BCUT2D eigenvalue weighted by Gasteiger charge is -2.23. The van der Waals surface area contributed by atoms with Gasteiger partial charge in [0.25, 0.3) is 11.8 Å². The van der Waals surface area contributed by atoms with Crippen molar-refractivity contribution in [1.29, 1.82) is 0 Å². The molecule has 46 nitrogen and oxygen atoms in total. The number of aliphatic hydroxyl groups excluding tert-OH is 2. The highest BCUT2D eigenvalue weighted by molar-refractivity contribution is 7.47. The molecule has 50 heteroatoms. The number of hydrogen-bond acceptors (Lipinski definition) is 32. The van der Waals surface area contributed by atoms with E-state index >= 15 is 0 Å². The third-order valence-electron chi connectivity index (χ3n) is 21.8. The van der Waals surface area contributed by atoms with Gasteiger partial charge < -0.3 is 130 Å². The molecule has 14 rings (SSSR count). The molecule has 2 aliphatic carbocycles. The molecule has 4 aromatic carbocycles. The number of carbonyl (C=O) groups is 4. The van der Waals surface area contributed by atoms with Crippen molar-refractivity contribution >= 4 is 134 Å². The third-order valence-corrected chi connectivity index (χ3v) is 23.8. The summed E-state index contributed by atoms with van der Waals surface area (Å²) in [5.74, 6) is -2.64. The number of nitrogens with one attached hydrogen (secondary N) is 4. The highest BCUT2D eigenvalue weighted by Crippen LogP contribution is 2.51. The number of ether oxygens (including phenoxy) is 2. The molecule has 2 saturated heterocycles. The summed E-state index contributed by atoms with van der Waals surface area (Å²) in [5, 5.41) is 62.2. The van der Waals surface area contributed by atoms with Crippen LogP contribution in [0.3, 0.4) is 0 Å². The van der Waals surface area contributed by atoms with Gasteiger partial charge in [-0.15, -0.1) is 0 Å². The zero-order valence-electron chi connectivity index (χ0n) is 72.2. The Morgan fingerprint density at radius 1 is 0.477 bits per heavy atom. The number of nitrogen functional groups attached to an aromatic ring is 2. The maximum atomic E-state index is 13.6. The first-order valence-corrected chi connectivity index (χ1v) is 47.2. The van der Waals surface area contributed by atoms with Gasteiger partial charge in [0.05, 0.1) is 37.3 Å². The average Bonchev–Trinajstić information content (AvgIpc) is 1.27. The highest BCUT2D eigenvalue weighted by Gasteiger charge is 2.52. The fraction of sp³-hybridized carbons (Fsp3) is 0.366. The van der Waals surface area contributed by atoms with Crippen LogP contribution in [0, 0.1) is 0 Å². The van der Waals surface area contributed by atoms with Crippen molar-refractivity contribution in [2.75, 3.05) is 128 Å². The van der Waals surface area contributed by atoms with Crippen LogP contribution in [-0.2, 0) is 45.8 Å². The minimum atomic E-state index is -5.26. The van der Waals surface area contributed by atoms with E-state index in [9.17, 15) is 97.0 Å². The number of carbonyl (C=O) groups excluding carboxylic acids is 4. The maximum absolute atomic E-state index is 13.6. The topological polar surface area (TPSA) is 666 Å². The van der Waals surface area contributed by atoms with E-state index in [2.05, 4.69) is 60.2 Å². The number of nitrogens with zero attached hydrogens (tertiary/aromatic N) is 12. The molecule has 8 heterocycles. The van der Waals surface area contributed by atoms with E-state index in [-0.39, 0.29) is 74.7 Å². The number of unbranched alkanes of at least 4 members (excludes halogenated alkanes) is 6. The molecule has 8 atom stereocenters. The first-order chi connectivity index (χ1) is 62.4. The first-order valence-electron chi connectivity index (χ1n) is 41.1. The quantitative estimate of drug-likeness (QED) is 0.0116. The molecular formula is C82H98N18O28P4. The van der Waals surface area contributed by atoms with E-state index < -0.39 is 117 Å². The lowest BCUT2D eigenvalue weighted by Crippen LogP contribution is -2.35. The van der Waals surface area contributed by atoms with Gasteiger partial charge in [-0.3, -0.25) is 36.8 Å². The van der Waals surface area contributed by atoms with Crippen LogP contribution in [0.25, 0.3) is 89.2 Å². The molecule has 2 amide bonds. The Hall–Kier alpha value is -11.7. The molecule has 18 N–H and O–H groups in total. The predicted molar refractivity (Wildman–Crippen MR) is 476 cm³/mol. The summed E-state index contributed by atoms with van der Waals surface area (Å²) in [4.78, 5) is 157. The average molecular weight is 1910 g/mol. The first kappa shape index (κ1) is 97.8. The normalized spacial score (nSPS) is 17.7. The van der Waals surface area contributed by atoms with Gasteiger partial charge in [-0.05, 0) is 97.5 Å².